The van der Waals surface area contributed by atoms with Crippen LogP contribution >= 0.6 is 0 Å². The van der Waals surface area contributed by atoms with Crippen LogP contribution in [0.25, 0.3) is 0 Å². The molecule has 0 saturated heterocycles. The maximum absolute atomic E-state index is 12.4. The first-order valence-electron chi connectivity index (χ1n) is 8.14. The molecule has 0 aliphatic rings. The minimum Gasteiger partial charge on any atom is -0.370 e. The van der Waals surface area contributed by atoms with E-state index in [0.717, 1.165) is 11.3 Å². The largest absolute Gasteiger partial charge is 0.370 e. The molecule has 5 nitrogen and oxygen atoms in total. The first kappa shape index (κ1) is 19.0. The van der Waals surface area contributed by atoms with Gasteiger partial charge in [0.2, 0.25) is 0 Å². The normalized spacial score (nSPS) is 12.8. The van der Waals surface area contributed by atoms with Gasteiger partial charge in [-0.25, -0.2) is 8.42 Å². The molecule has 0 saturated carbocycles. The molecule has 0 heterocycles. The summed E-state index contributed by atoms with van der Waals surface area (Å²) in [6, 6.07) is 16.4. The SMILES string of the molecule is CC(C)(C)c1ccc(S(=O)(=O)CCN=C(N)Nc2ccccc2)cc1. The number of hydrogen-bond donors (Lipinski definition) is 2. The second kappa shape index (κ2) is 7.70. The predicted molar refractivity (Wildman–Crippen MR) is 104 cm³/mol. The van der Waals surface area contributed by atoms with Gasteiger partial charge in [-0.1, -0.05) is 51.1 Å². The second-order valence-electron chi connectivity index (χ2n) is 6.85. The van der Waals surface area contributed by atoms with Gasteiger partial charge < -0.3 is 11.1 Å². The Bertz CT molecular complexity index is 821. The Kier molecular flexibility index (Phi) is 5.85. The van der Waals surface area contributed by atoms with E-state index in [4.69, 9.17) is 5.73 Å². The fourth-order valence-corrected chi connectivity index (χ4v) is 3.39. The lowest BCUT2D eigenvalue weighted by Gasteiger charge is -2.19. The van der Waals surface area contributed by atoms with E-state index in [9.17, 15) is 8.42 Å². The van der Waals surface area contributed by atoms with E-state index in [1.807, 2.05) is 42.5 Å². The number of nitrogens with one attached hydrogen (secondary N) is 1. The maximum atomic E-state index is 12.4. The summed E-state index contributed by atoms with van der Waals surface area (Å²) in [5.74, 6) is 0.114. The number of anilines is 1. The number of nitrogens with zero attached hydrogens (tertiary/aromatic N) is 1. The molecule has 0 bridgehead atoms. The van der Waals surface area contributed by atoms with Gasteiger partial charge in [-0.2, -0.15) is 0 Å². The van der Waals surface area contributed by atoms with Crippen LogP contribution < -0.4 is 11.1 Å². The van der Waals surface area contributed by atoms with Crippen molar-refractivity contribution in [2.24, 2.45) is 10.7 Å². The predicted octanol–water partition coefficient (Wildman–Crippen LogP) is 3.18. The number of aliphatic imine (C=N–C) groups is 1. The molecule has 0 aliphatic heterocycles. The summed E-state index contributed by atoms with van der Waals surface area (Å²) in [6.07, 6.45) is 0. The van der Waals surface area contributed by atoms with Crippen LogP contribution in [0.2, 0.25) is 0 Å². The molecule has 0 unspecified atom stereocenters. The van der Waals surface area contributed by atoms with Gasteiger partial charge in [0.05, 0.1) is 17.2 Å². The highest BCUT2D eigenvalue weighted by Gasteiger charge is 2.17. The van der Waals surface area contributed by atoms with E-state index in [-0.39, 0.29) is 23.7 Å². The number of guanidine groups is 1. The molecule has 0 aliphatic carbocycles. The highest BCUT2D eigenvalue weighted by molar-refractivity contribution is 7.91. The zero-order valence-corrected chi connectivity index (χ0v) is 15.7. The average Bonchev–Trinajstić information content (AvgIpc) is 2.55. The number of hydrogen-bond acceptors (Lipinski definition) is 3. The van der Waals surface area contributed by atoms with Crippen molar-refractivity contribution in [3.63, 3.8) is 0 Å². The second-order valence-corrected chi connectivity index (χ2v) is 8.96. The Morgan fingerprint density at radius 2 is 1.64 bits per heavy atom. The molecule has 0 aromatic heterocycles. The van der Waals surface area contributed by atoms with Crippen LogP contribution in [0.1, 0.15) is 26.3 Å². The van der Waals surface area contributed by atoms with Crippen LogP contribution in [0.15, 0.2) is 64.5 Å². The number of sulfone groups is 1. The lowest BCUT2D eigenvalue weighted by molar-refractivity contribution is 0.586. The molecule has 6 heteroatoms. The number of benzene rings is 2. The van der Waals surface area contributed by atoms with E-state index in [0.29, 0.717) is 4.90 Å². The Morgan fingerprint density at radius 1 is 1.04 bits per heavy atom. The van der Waals surface area contributed by atoms with Gasteiger partial charge in [-0.05, 0) is 35.2 Å². The lowest BCUT2D eigenvalue weighted by Crippen LogP contribution is -2.23. The standard InChI is InChI=1S/C19H25N3O2S/c1-19(2,3)15-9-11-17(12-10-15)25(23,24)14-13-21-18(20)22-16-7-5-4-6-8-16/h4-12H,13-14H2,1-3H3,(H3,20,21,22). The lowest BCUT2D eigenvalue weighted by atomic mass is 9.87. The zero-order chi connectivity index (χ0) is 18.5. The van der Waals surface area contributed by atoms with Gasteiger partial charge in [-0.3, -0.25) is 4.99 Å². The van der Waals surface area contributed by atoms with Crippen molar-refractivity contribution in [2.45, 2.75) is 31.1 Å². The molecule has 0 atom stereocenters. The highest BCUT2D eigenvalue weighted by Crippen LogP contribution is 2.23. The van der Waals surface area contributed by atoms with Crippen molar-refractivity contribution in [3.05, 3.63) is 60.2 Å². The number of nitrogens with two attached hydrogens (primary N) is 1. The summed E-state index contributed by atoms with van der Waals surface area (Å²) in [5, 5.41) is 2.92. The highest BCUT2D eigenvalue weighted by atomic mass is 32.2. The Morgan fingerprint density at radius 3 is 2.20 bits per heavy atom. The van der Waals surface area contributed by atoms with Crippen LogP contribution in [0.3, 0.4) is 0 Å². The minimum atomic E-state index is -3.38. The summed E-state index contributed by atoms with van der Waals surface area (Å²) in [7, 11) is -3.38. The van der Waals surface area contributed by atoms with Crippen molar-refractivity contribution < 1.29 is 8.42 Å². The van der Waals surface area contributed by atoms with Gasteiger partial charge in [0, 0.05) is 5.69 Å². The Labute approximate surface area is 149 Å². The van der Waals surface area contributed by atoms with Crippen LogP contribution in [-0.4, -0.2) is 26.7 Å². The molecule has 0 spiro atoms. The van der Waals surface area contributed by atoms with Crippen molar-refractivity contribution in [1.29, 1.82) is 0 Å². The third kappa shape index (κ3) is 5.60. The van der Waals surface area contributed by atoms with Crippen LogP contribution in [0.5, 0.6) is 0 Å². The molecule has 134 valence electrons. The van der Waals surface area contributed by atoms with Crippen LogP contribution in [-0.2, 0) is 15.3 Å². The van der Waals surface area contributed by atoms with Crippen LogP contribution in [0.4, 0.5) is 5.69 Å². The van der Waals surface area contributed by atoms with Gasteiger partial charge in [-0.15, -0.1) is 0 Å². The Balaban J connectivity index is 1.98. The molecule has 0 amide bonds. The zero-order valence-electron chi connectivity index (χ0n) is 14.9. The van der Waals surface area contributed by atoms with Gasteiger partial charge in [0.1, 0.15) is 0 Å². The molecule has 2 aromatic rings. The molecular weight excluding hydrogens is 334 g/mol. The monoisotopic (exact) mass is 359 g/mol. The average molecular weight is 359 g/mol. The van der Waals surface area contributed by atoms with Gasteiger partial charge in [0.25, 0.3) is 0 Å². The molecular formula is C19H25N3O2S. The van der Waals surface area contributed by atoms with E-state index >= 15 is 0 Å². The van der Waals surface area contributed by atoms with Crippen LogP contribution in [0, 0.1) is 0 Å². The third-order valence-corrected chi connectivity index (χ3v) is 5.48. The fraction of sp³-hybridized carbons (Fsp3) is 0.316. The number of rotatable bonds is 5. The minimum absolute atomic E-state index is 0.00978. The molecule has 0 fully saturated rings. The molecule has 3 N–H and O–H groups in total. The van der Waals surface area contributed by atoms with E-state index in [1.54, 1.807) is 12.1 Å². The quantitative estimate of drug-likeness (QED) is 0.634. The summed E-state index contributed by atoms with van der Waals surface area (Å²) >= 11 is 0. The first-order chi connectivity index (χ1) is 11.7. The van der Waals surface area contributed by atoms with E-state index in [2.05, 4.69) is 31.1 Å². The summed E-state index contributed by atoms with van der Waals surface area (Å²) in [6.45, 7) is 6.38. The molecule has 2 rings (SSSR count). The maximum Gasteiger partial charge on any atom is 0.193 e. The van der Waals surface area contributed by atoms with Crippen molar-refractivity contribution in [3.8, 4) is 0 Å². The summed E-state index contributed by atoms with van der Waals surface area (Å²) in [5.41, 5.74) is 7.68. The van der Waals surface area contributed by atoms with Crippen molar-refractivity contribution in [2.75, 3.05) is 17.6 Å². The molecule has 2 aromatic carbocycles. The number of para-hydroxylation sites is 1. The Hall–Kier alpha value is -2.34. The molecule has 25 heavy (non-hydrogen) atoms. The smallest absolute Gasteiger partial charge is 0.193 e. The first-order valence-corrected chi connectivity index (χ1v) is 9.79. The van der Waals surface area contributed by atoms with Gasteiger partial charge >= 0.3 is 0 Å². The van der Waals surface area contributed by atoms with E-state index < -0.39 is 9.84 Å². The van der Waals surface area contributed by atoms with Crippen molar-refractivity contribution in [1.82, 2.24) is 0 Å². The third-order valence-electron chi connectivity index (χ3n) is 3.77. The van der Waals surface area contributed by atoms with E-state index in [1.165, 1.54) is 0 Å². The summed E-state index contributed by atoms with van der Waals surface area (Å²) in [4.78, 5) is 4.40. The fourth-order valence-electron chi connectivity index (χ4n) is 2.28. The topological polar surface area (TPSA) is 84.5 Å². The molecule has 0 radical (unpaired) electrons. The van der Waals surface area contributed by atoms with Gasteiger partial charge in [0.15, 0.2) is 15.8 Å². The summed E-state index contributed by atoms with van der Waals surface area (Å²) < 4.78 is 24.8. The van der Waals surface area contributed by atoms with Crippen molar-refractivity contribution >= 4 is 21.5 Å².